The molecular formula is C19H23FN2O2. The van der Waals surface area contributed by atoms with Crippen molar-refractivity contribution in [1.29, 1.82) is 0 Å². The lowest BCUT2D eigenvalue weighted by molar-refractivity contribution is -0.134. The Hall–Kier alpha value is -2.17. The summed E-state index contributed by atoms with van der Waals surface area (Å²) < 4.78 is 19.3. The summed E-state index contributed by atoms with van der Waals surface area (Å²) in [6.45, 7) is 5.66. The van der Waals surface area contributed by atoms with E-state index in [9.17, 15) is 9.18 Å². The maximum atomic E-state index is 13.9. The second-order valence-corrected chi connectivity index (χ2v) is 6.43. The number of nitrogens with zero attached hydrogens (tertiary/aromatic N) is 2. The Bertz CT molecular complexity index is 716. The molecule has 1 aromatic carbocycles. The Morgan fingerprint density at radius 2 is 1.92 bits per heavy atom. The van der Waals surface area contributed by atoms with Crippen LogP contribution in [0.5, 0.6) is 0 Å². The third kappa shape index (κ3) is 2.95. The van der Waals surface area contributed by atoms with Crippen LogP contribution in [0.3, 0.4) is 0 Å². The smallest absolute Gasteiger partial charge is 0.234 e. The first kappa shape index (κ1) is 16.7. The maximum absolute atomic E-state index is 13.9. The summed E-state index contributed by atoms with van der Waals surface area (Å²) in [5.41, 5.74) is 0.429. The van der Waals surface area contributed by atoms with E-state index in [2.05, 4.69) is 19.0 Å². The molecule has 1 aliphatic rings. The molecule has 3 rings (SSSR count). The molecule has 1 amide bonds. The highest BCUT2D eigenvalue weighted by molar-refractivity contribution is 5.91. The SMILES string of the molecule is CCCN(CCC)C(=O)C1(c2cc(-c3ccccc3F)on2)CC1. The average Bonchev–Trinajstić information content (AvgIpc) is 3.25. The van der Waals surface area contributed by atoms with Gasteiger partial charge in [-0.1, -0.05) is 31.1 Å². The summed E-state index contributed by atoms with van der Waals surface area (Å²) in [5, 5.41) is 4.10. The first-order valence-corrected chi connectivity index (χ1v) is 8.64. The minimum absolute atomic E-state index is 0.125. The van der Waals surface area contributed by atoms with Crippen LogP contribution in [0.1, 0.15) is 45.2 Å². The van der Waals surface area contributed by atoms with Crippen LogP contribution in [0, 0.1) is 5.82 Å². The van der Waals surface area contributed by atoms with Gasteiger partial charge < -0.3 is 9.42 Å². The fourth-order valence-corrected chi connectivity index (χ4v) is 3.15. The largest absolute Gasteiger partial charge is 0.356 e. The lowest BCUT2D eigenvalue weighted by Gasteiger charge is -2.25. The van der Waals surface area contributed by atoms with E-state index in [0.29, 0.717) is 17.0 Å². The van der Waals surface area contributed by atoms with Gasteiger partial charge >= 0.3 is 0 Å². The maximum Gasteiger partial charge on any atom is 0.234 e. The number of carbonyl (C=O) groups is 1. The molecular weight excluding hydrogens is 307 g/mol. The van der Waals surface area contributed by atoms with Crippen LogP contribution in [0.25, 0.3) is 11.3 Å². The number of amides is 1. The molecule has 0 spiro atoms. The molecule has 0 atom stereocenters. The average molecular weight is 330 g/mol. The number of rotatable bonds is 7. The van der Waals surface area contributed by atoms with Crippen molar-refractivity contribution in [3.05, 3.63) is 41.8 Å². The van der Waals surface area contributed by atoms with Gasteiger partial charge in [0, 0.05) is 19.2 Å². The van der Waals surface area contributed by atoms with Gasteiger partial charge in [0.2, 0.25) is 5.91 Å². The summed E-state index contributed by atoms with van der Waals surface area (Å²) in [4.78, 5) is 14.9. The summed E-state index contributed by atoms with van der Waals surface area (Å²) >= 11 is 0. The molecule has 1 aliphatic carbocycles. The number of hydrogen-bond donors (Lipinski definition) is 0. The van der Waals surface area contributed by atoms with Crippen molar-refractivity contribution >= 4 is 5.91 Å². The Labute approximate surface area is 141 Å². The van der Waals surface area contributed by atoms with E-state index in [1.807, 2.05) is 4.90 Å². The first-order chi connectivity index (χ1) is 11.6. The van der Waals surface area contributed by atoms with E-state index >= 15 is 0 Å². The van der Waals surface area contributed by atoms with Crippen molar-refractivity contribution < 1.29 is 13.7 Å². The molecule has 0 aliphatic heterocycles. The topological polar surface area (TPSA) is 46.3 Å². The van der Waals surface area contributed by atoms with Gasteiger partial charge in [-0.05, 0) is 37.8 Å². The van der Waals surface area contributed by atoms with E-state index in [-0.39, 0.29) is 11.7 Å². The number of carbonyl (C=O) groups excluding carboxylic acids is 1. The highest BCUT2D eigenvalue weighted by Gasteiger charge is 2.55. The number of hydrogen-bond acceptors (Lipinski definition) is 3. The highest BCUT2D eigenvalue weighted by Crippen LogP contribution is 2.50. The van der Waals surface area contributed by atoms with Gasteiger partial charge in [-0.25, -0.2) is 4.39 Å². The second kappa shape index (κ2) is 6.75. The molecule has 128 valence electrons. The second-order valence-electron chi connectivity index (χ2n) is 6.43. The number of benzene rings is 1. The van der Waals surface area contributed by atoms with E-state index in [1.165, 1.54) is 6.07 Å². The molecule has 0 bridgehead atoms. The standard InChI is InChI=1S/C19H23FN2O2/c1-3-11-22(12-4-2)18(23)19(9-10-19)17-13-16(24-21-17)14-7-5-6-8-15(14)20/h5-8,13H,3-4,9-12H2,1-2H3. The van der Waals surface area contributed by atoms with Crippen LogP contribution >= 0.6 is 0 Å². The monoisotopic (exact) mass is 330 g/mol. The lowest BCUT2D eigenvalue weighted by Crippen LogP contribution is -2.40. The Kier molecular flexibility index (Phi) is 4.69. The van der Waals surface area contributed by atoms with Crippen molar-refractivity contribution in [3.63, 3.8) is 0 Å². The minimum Gasteiger partial charge on any atom is -0.356 e. The van der Waals surface area contributed by atoms with Crippen molar-refractivity contribution in [3.8, 4) is 11.3 Å². The van der Waals surface area contributed by atoms with Gasteiger partial charge in [0.25, 0.3) is 0 Å². The number of halogens is 1. The van der Waals surface area contributed by atoms with Gasteiger partial charge in [0.1, 0.15) is 5.82 Å². The molecule has 24 heavy (non-hydrogen) atoms. The van der Waals surface area contributed by atoms with E-state index in [0.717, 1.165) is 38.8 Å². The summed E-state index contributed by atoms with van der Waals surface area (Å²) in [5.74, 6) is 0.147. The van der Waals surface area contributed by atoms with Crippen LogP contribution in [0.2, 0.25) is 0 Å². The van der Waals surface area contributed by atoms with Gasteiger partial charge in [-0.3, -0.25) is 4.79 Å². The first-order valence-electron chi connectivity index (χ1n) is 8.64. The van der Waals surface area contributed by atoms with Crippen molar-refractivity contribution in [2.75, 3.05) is 13.1 Å². The van der Waals surface area contributed by atoms with Gasteiger partial charge in [0.05, 0.1) is 16.7 Å². The number of aromatic nitrogens is 1. The van der Waals surface area contributed by atoms with Crippen LogP contribution < -0.4 is 0 Å². The predicted molar refractivity (Wildman–Crippen MR) is 90.0 cm³/mol. The molecule has 2 aromatic rings. The fourth-order valence-electron chi connectivity index (χ4n) is 3.15. The molecule has 1 fully saturated rings. The fraction of sp³-hybridized carbons (Fsp3) is 0.474. The molecule has 1 heterocycles. The van der Waals surface area contributed by atoms with Crippen LogP contribution in [0.4, 0.5) is 4.39 Å². The summed E-state index contributed by atoms with van der Waals surface area (Å²) in [6.07, 6.45) is 3.42. The van der Waals surface area contributed by atoms with E-state index < -0.39 is 5.41 Å². The molecule has 1 aromatic heterocycles. The van der Waals surface area contributed by atoms with Gasteiger partial charge in [-0.15, -0.1) is 0 Å². The van der Waals surface area contributed by atoms with Crippen molar-refractivity contribution in [1.82, 2.24) is 10.1 Å². The van der Waals surface area contributed by atoms with E-state index in [4.69, 9.17) is 4.52 Å². The highest BCUT2D eigenvalue weighted by atomic mass is 19.1. The minimum atomic E-state index is -0.572. The normalized spacial score (nSPS) is 15.3. The van der Waals surface area contributed by atoms with Gasteiger partial charge in [-0.2, -0.15) is 0 Å². The third-order valence-corrected chi connectivity index (χ3v) is 4.57. The van der Waals surface area contributed by atoms with Crippen molar-refractivity contribution in [2.45, 2.75) is 44.9 Å². The Balaban J connectivity index is 1.86. The summed E-state index contributed by atoms with van der Waals surface area (Å²) in [6, 6.07) is 8.15. The molecule has 0 radical (unpaired) electrons. The van der Waals surface area contributed by atoms with Crippen molar-refractivity contribution in [2.24, 2.45) is 0 Å². The van der Waals surface area contributed by atoms with Crippen LogP contribution in [0.15, 0.2) is 34.9 Å². The lowest BCUT2D eigenvalue weighted by atomic mass is 9.99. The zero-order chi connectivity index (χ0) is 17.2. The van der Waals surface area contributed by atoms with E-state index in [1.54, 1.807) is 24.3 Å². The van der Waals surface area contributed by atoms with Crippen LogP contribution in [-0.4, -0.2) is 29.1 Å². The Morgan fingerprint density at radius 1 is 1.25 bits per heavy atom. The Morgan fingerprint density at radius 3 is 2.50 bits per heavy atom. The third-order valence-electron chi connectivity index (χ3n) is 4.57. The van der Waals surface area contributed by atoms with Crippen LogP contribution in [-0.2, 0) is 10.2 Å². The summed E-state index contributed by atoms with van der Waals surface area (Å²) in [7, 11) is 0. The molecule has 1 saturated carbocycles. The zero-order valence-corrected chi connectivity index (χ0v) is 14.2. The molecule has 4 nitrogen and oxygen atoms in total. The molecule has 0 N–H and O–H groups in total. The molecule has 0 unspecified atom stereocenters. The zero-order valence-electron chi connectivity index (χ0n) is 14.2. The predicted octanol–water partition coefficient (Wildman–Crippen LogP) is 4.16. The molecule has 0 saturated heterocycles. The van der Waals surface area contributed by atoms with Gasteiger partial charge in [0.15, 0.2) is 5.76 Å². The molecule has 5 heteroatoms. The quantitative estimate of drug-likeness (QED) is 0.766.